The number of hydrogen-bond acceptors (Lipinski definition) is 4. The lowest BCUT2D eigenvalue weighted by Crippen LogP contribution is -2.39. The van der Waals surface area contributed by atoms with Crippen LogP contribution in [0, 0.1) is 0 Å². The van der Waals surface area contributed by atoms with Gasteiger partial charge in [0.25, 0.3) is 0 Å². The molecule has 0 aromatic carbocycles. The van der Waals surface area contributed by atoms with E-state index in [1.165, 1.54) is 12.8 Å². The van der Waals surface area contributed by atoms with Gasteiger partial charge in [0.05, 0.1) is 12.6 Å². The lowest BCUT2D eigenvalue weighted by molar-refractivity contribution is -0.130. The SMILES string of the molecule is Cn1cnnc1CN1CCC(NC2CC2)C1=O. The van der Waals surface area contributed by atoms with Crippen molar-refractivity contribution in [1.82, 2.24) is 25.0 Å². The van der Waals surface area contributed by atoms with Gasteiger partial charge in [-0.15, -0.1) is 10.2 Å². The Morgan fingerprint density at radius 1 is 1.47 bits per heavy atom. The standard InChI is InChI=1S/C11H17N5O/c1-15-7-12-14-10(15)6-16-5-4-9(11(16)17)13-8-2-3-8/h7-9,13H,2-6H2,1H3. The van der Waals surface area contributed by atoms with Gasteiger partial charge in [0, 0.05) is 19.6 Å². The van der Waals surface area contributed by atoms with Gasteiger partial charge in [-0.3, -0.25) is 4.79 Å². The van der Waals surface area contributed by atoms with Crippen LogP contribution in [0.15, 0.2) is 6.33 Å². The van der Waals surface area contributed by atoms with Crippen LogP contribution < -0.4 is 5.32 Å². The molecule has 1 aliphatic heterocycles. The molecule has 0 radical (unpaired) electrons. The summed E-state index contributed by atoms with van der Waals surface area (Å²) in [4.78, 5) is 14.0. The van der Waals surface area contributed by atoms with E-state index in [9.17, 15) is 4.79 Å². The summed E-state index contributed by atoms with van der Waals surface area (Å²) in [5.41, 5.74) is 0. The number of aryl methyl sites for hydroxylation is 1. The molecule has 0 bridgehead atoms. The molecule has 1 saturated carbocycles. The Morgan fingerprint density at radius 2 is 2.29 bits per heavy atom. The van der Waals surface area contributed by atoms with E-state index in [0.29, 0.717) is 12.6 Å². The second-order valence-corrected chi connectivity index (χ2v) is 4.90. The lowest BCUT2D eigenvalue weighted by Gasteiger charge is -2.16. The van der Waals surface area contributed by atoms with E-state index in [0.717, 1.165) is 18.8 Å². The molecule has 92 valence electrons. The molecule has 1 saturated heterocycles. The fourth-order valence-electron chi connectivity index (χ4n) is 2.21. The lowest BCUT2D eigenvalue weighted by atomic mass is 10.2. The summed E-state index contributed by atoms with van der Waals surface area (Å²) in [5, 5.41) is 11.2. The molecule has 2 heterocycles. The summed E-state index contributed by atoms with van der Waals surface area (Å²) in [6, 6.07) is 0.606. The largest absolute Gasteiger partial charge is 0.334 e. The molecule has 2 aliphatic rings. The summed E-state index contributed by atoms with van der Waals surface area (Å²) in [5.74, 6) is 1.05. The monoisotopic (exact) mass is 235 g/mol. The summed E-state index contributed by atoms with van der Waals surface area (Å²) in [6.07, 6.45) is 5.00. The van der Waals surface area contributed by atoms with Crippen LogP contribution in [-0.2, 0) is 18.4 Å². The van der Waals surface area contributed by atoms with E-state index >= 15 is 0 Å². The number of rotatable bonds is 4. The predicted molar refractivity (Wildman–Crippen MR) is 61.0 cm³/mol. The minimum atomic E-state index is 0.0238. The average Bonchev–Trinajstić information content (AvgIpc) is 2.96. The highest BCUT2D eigenvalue weighted by Gasteiger charge is 2.35. The normalized spacial score (nSPS) is 24.6. The van der Waals surface area contributed by atoms with Crippen molar-refractivity contribution in [2.45, 2.75) is 37.9 Å². The summed E-state index contributed by atoms with van der Waals surface area (Å²) in [6.45, 7) is 1.38. The fourth-order valence-corrected chi connectivity index (χ4v) is 2.21. The minimum Gasteiger partial charge on any atom is -0.334 e. The molecule has 1 aliphatic carbocycles. The maximum Gasteiger partial charge on any atom is 0.240 e. The number of aromatic nitrogens is 3. The number of carbonyl (C=O) groups is 1. The van der Waals surface area contributed by atoms with Crippen molar-refractivity contribution in [3.63, 3.8) is 0 Å². The molecule has 3 rings (SSSR count). The molecule has 1 aromatic heterocycles. The van der Waals surface area contributed by atoms with Gasteiger partial charge in [-0.25, -0.2) is 0 Å². The molecular weight excluding hydrogens is 218 g/mol. The van der Waals surface area contributed by atoms with Crippen molar-refractivity contribution < 1.29 is 4.79 Å². The van der Waals surface area contributed by atoms with E-state index in [-0.39, 0.29) is 11.9 Å². The number of amides is 1. The van der Waals surface area contributed by atoms with Crippen LogP contribution in [0.3, 0.4) is 0 Å². The van der Waals surface area contributed by atoms with Gasteiger partial charge >= 0.3 is 0 Å². The fraction of sp³-hybridized carbons (Fsp3) is 0.727. The quantitative estimate of drug-likeness (QED) is 0.776. The van der Waals surface area contributed by atoms with E-state index in [1.807, 2.05) is 16.5 Å². The number of hydrogen-bond donors (Lipinski definition) is 1. The second kappa shape index (κ2) is 4.10. The van der Waals surface area contributed by atoms with Gasteiger partial charge in [0.2, 0.25) is 5.91 Å². The maximum atomic E-state index is 12.1. The molecule has 1 aromatic rings. The molecule has 1 amide bonds. The highest BCUT2D eigenvalue weighted by atomic mass is 16.2. The summed E-state index contributed by atoms with van der Waals surface area (Å²) >= 11 is 0. The highest BCUT2D eigenvalue weighted by Crippen LogP contribution is 2.23. The second-order valence-electron chi connectivity index (χ2n) is 4.90. The third-order valence-corrected chi connectivity index (χ3v) is 3.45. The van der Waals surface area contributed by atoms with Crippen molar-refractivity contribution in [2.24, 2.45) is 7.05 Å². The van der Waals surface area contributed by atoms with Gasteiger partial charge in [-0.05, 0) is 19.3 Å². The van der Waals surface area contributed by atoms with E-state index in [4.69, 9.17) is 0 Å². The van der Waals surface area contributed by atoms with Crippen LogP contribution in [0.4, 0.5) is 0 Å². The predicted octanol–water partition coefficient (Wildman–Crippen LogP) is -0.332. The summed E-state index contributed by atoms with van der Waals surface area (Å²) in [7, 11) is 1.90. The highest BCUT2D eigenvalue weighted by molar-refractivity contribution is 5.84. The first kappa shape index (κ1) is 10.7. The zero-order valence-corrected chi connectivity index (χ0v) is 9.96. The van der Waals surface area contributed by atoms with Crippen LogP contribution >= 0.6 is 0 Å². The van der Waals surface area contributed by atoms with Gasteiger partial charge in [-0.1, -0.05) is 0 Å². The van der Waals surface area contributed by atoms with Crippen molar-refractivity contribution in [2.75, 3.05) is 6.54 Å². The van der Waals surface area contributed by atoms with Crippen molar-refractivity contribution in [3.8, 4) is 0 Å². The van der Waals surface area contributed by atoms with Crippen LogP contribution in [0.1, 0.15) is 25.1 Å². The molecule has 6 nitrogen and oxygen atoms in total. The first-order chi connectivity index (χ1) is 8.24. The first-order valence-electron chi connectivity index (χ1n) is 6.12. The van der Waals surface area contributed by atoms with Gasteiger partial charge in [-0.2, -0.15) is 0 Å². The smallest absolute Gasteiger partial charge is 0.240 e. The molecule has 1 unspecified atom stereocenters. The third-order valence-electron chi connectivity index (χ3n) is 3.45. The van der Waals surface area contributed by atoms with Gasteiger partial charge in [0.15, 0.2) is 5.82 Å². The van der Waals surface area contributed by atoms with E-state index < -0.39 is 0 Å². The Morgan fingerprint density at radius 3 is 2.94 bits per heavy atom. The zero-order valence-electron chi connectivity index (χ0n) is 9.96. The van der Waals surface area contributed by atoms with E-state index in [1.54, 1.807) is 6.33 Å². The number of likely N-dealkylation sites (tertiary alicyclic amines) is 1. The number of nitrogens with zero attached hydrogens (tertiary/aromatic N) is 4. The van der Waals surface area contributed by atoms with Crippen LogP contribution in [0.5, 0.6) is 0 Å². The Kier molecular flexibility index (Phi) is 2.58. The van der Waals surface area contributed by atoms with Crippen LogP contribution in [0.2, 0.25) is 0 Å². The average molecular weight is 235 g/mol. The first-order valence-corrected chi connectivity index (χ1v) is 6.12. The van der Waals surface area contributed by atoms with Crippen molar-refractivity contribution in [1.29, 1.82) is 0 Å². The van der Waals surface area contributed by atoms with Gasteiger partial charge < -0.3 is 14.8 Å². The topological polar surface area (TPSA) is 63.1 Å². The molecule has 1 atom stereocenters. The van der Waals surface area contributed by atoms with Crippen LogP contribution in [0.25, 0.3) is 0 Å². The van der Waals surface area contributed by atoms with Gasteiger partial charge in [0.1, 0.15) is 6.33 Å². The van der Waals surface area contributed by atoms with Crippen LogP contribution in [-0.4, -0.2) is 44.2 Å². The van der Waals surface area contributed by atoms with Crippen molar-refractivity contribution >= 4 is 5.91 Å². The molecular formula is C11H17N5O. The Balaban J connectivity index is 1.61. The third kappa shape index (κ3) is 2.17. The van der Waals surface area contributed by atoms with Crippen molar-refractivity contribution in [3.05, 3.63) is 12.2 Å². The number of nitrogens with one attached hydrogen (secondary N) is 1. The zero-order chi connectivity index (χ0) is 11.8. The minimum absolute atomic E-state index is 0.0238. The molecule has 6 heteroatoms. The Hall–Kier alpha value is -1.43. The molecule has 17 heavy (non-hydrogen) atoms. The van der Waals surface area contributed by atoms with E-state index in [2.05, 4.69) is 15.5 Å². The summed E-state index contributed by atoms with van der Waals surface area (Å²) < 4.78 is 1.86. The molecule has 0 spiro atoms. The maximum absolute atomic E-state index is 12.1. The Labute approximate surface area is 100 Å². The molecule has 2 fully saturated rings. The number of carbonyl (C=O) groups excluding carboxylic acids is 1. The Bertz CT molecular complexity index is 425. The molecule has 1 N–H and O–H groups in total.